The Hall–Kier alpha value is -1.65. The van der Waals surface area contributed by atoms with Crippen LogP contribution in [-0.2, 0) is 9.53 Å². The normalized spacial score (nSPS) is 22.8. The number of aliphatic hydroxyl groups excluding tert-OH is 1. The first-order valence-corrected chi connectivity index (χ1v) is 7.29. The molecule has 1 N–H and O–H groups in total. The van der Waals surface area contributed by atoms with E-state index in [1.807, 2.05) is 26.8 Å². The van der Waals surface area contributed by atoms with Gasteiger partial charge in [0, 0.05) is 12.6 Å². The van der Waals surface area contributed by atoms with Crippen LogP contribution in [0.5, 0.6) is 0 Å². The highest BCUT2D eigenvalue weighted by Crippen LogP contribution is 2.14. The van der Waals surface area contributed by atoms with Crippen molar-refractivity contribution in [1.29, 1.82) is 0 Å². The van der Waals surface area contributed by atoms with Crippen molar-refractivity contribution in [2.24, 2.45) is 0 Å². The largest absolute Gasteiger partial charge is 0.394 e. The van der Waals surface area contributed by atoms with Crippen molar-refractivity contribution in [2.75, 3.05) is 19.8 Å². The van der Waals surface area contributed by atoms with Gasteiger partial charge in [0.25, 0.3) is 0 Å². The van der Waals surface area contributed by atoms with E-state index in [2.05, 4.69) is 18.2 Å². The van der Waals surface area contributed by atoms with Crippen LogP contribution >= 0.6 is 0 Å². The highest BCUT2D eigenvalue weighted by atomic mass is 16.5. The lowest BCUT2D eigenvalue weighted by Gasteiger charge is -2.36. The monoisotopic (exact) mass is 289 g/mol. The average molecular weight is 289 g/mol. The first-order chi connectivity index (χ1) is 9.99. The number of nitrogens with zero attached hydrogens (tertiary/aromatic N) is 1. The van der Waals surface area contributed by atoms with Crippen LogP contribution < -0.4 is 0 Å². The van der Waals surface area contributed by atoms with E-state index in [1.54, 1.807) is 11.0 Å². The number of amides is 1. The molecule has 0 radical (unpaired) electrons. The molecule has 4 nitrogen and oxygen atoms in total. The minimum atomic E-state index is -0.278. The van der Waals surface area contributed by atoms with Gasteiger partial charge >= 0.3 is 0 Å². The van der Waals surface area contributed by atoms with Gasteiger partial charge in [-0.05, 0) is 32.4 Å². The summed E-state index contributed by atoms with van der Waals surface area (Å²) in [6.07, 6.45) is 3.17. The molecule has 0 aliphatic carbocycles. The summed E-state index contributed by atoms with van der Waals surface area (Å²) in [5, 5.41) is 9.16. The lowest BCUT2D eigenvalue weighted by atomic mass is 10.1. The Balaban J connectivity index is 2.07. The number of carbonyl (C=O) groups is 1. The van der Waals surface area contributed by atoms with E-state index in [1.165, 1.54) is 11.1 Å². The quantitative estimate of drug-likeness (QED) is 0.865. The van der Waals surface area contributed by atoms with E-state index < -0.39 is 0 Å². The fraction of sp³-hybridized carbons (Fsp3) is 0.471. The first-order valence-electron chi connectivity index (χ1n) is 7.29. The molecule has 1 aromatic carbocycles. The maximum atomic E-state index is 12.3. The zero-order valence-electron chi connectivity index (χ0n) is 12.9. The highest BCUT2D eigenvalue weighted by molar-refractivity contribution is 5.92. The molecule has 0 aromatic heterocycles. The number of benzene rings is 1. The maximum absolute atomic E-state index is 12.3. The van der Waals surface area contributed by atoms with Crippen molar-refractivity contribution in [3.05, 3.63) is 41.0 Å². The summed E-state index contributed by atoms with van der Waals surface area (Å²) in [4.78, 5) is 14.1. The van der Waals surface area contributed by atoms with Crippen LogP contribution in [0.2, 0.25) is 0 Å². The predicted molar refractivity (Wildman–Crippen MR) is 83.0 cm³/mol. The Morgan fingerprint density at radius 2 is 2.05 bits per heavy atom. The Kier molecular flexibility index (Phi) is 5.15. The van der Waals surface area contributed by atoms with Crippen LogP contribution in [0.15, 0.2) is 24.3 Å². The minimum absolute atomic E-state index is 0.0317. The molecule has 114 valence electrons. The zero-order valence-corrected chi connectivity index (χ0v) is 12.9. The molecular formula is C17H23NO3. The Morgan fingerprint density at radius 3 is 2.67 bits per heavy atom. The predicted octanol–water partition coefficient (Wildman–Crippen LogP) is 1.92. The molecular weight excluding hydrogens is 266 g/mol. The topological polar surface area (TPSA) is 49.8 Å². The second kappa shape index (κ2) is 6.87. The maximum Gasteiger partial charge on any atom is 0.246 e. The second-order valence-corrected chi connectivity index (χ2v) is 5.73. The number of carbonyl (C=O) groups excluding carboxylic acids is 1. The average Bonchev–Trinajstić information content (AvgIpc) is 2.44. The molecule has 1 saturated heterocycles. The zero-order chi connectivity index (χ0) is 15.4. The third-order valence-electron chi connectivity index (χ3n) is 3.65. The Bertz CT molecular complexity index is 519. The van der Waals surface area contributed by atoms with Crippen LogP contribution in [0.25, 0.3) is 6.08 Å². The van der Waals surface area contributed by atoms with E-state index in [4.69, 9.17) is 9.84 Å². The molecule has 2 unspecified atom stereocenters. The molecule has 0 spiro atoms. The summed E-state index contributed by atoms with van der Waals surface area (Å²) >= 11 is 0. The number of hydrogen-bond donors (Lipinski definition) is 1. The molecule has 1 aliphatic rings. The van der Waals surface area contributed by atoms with Crippen molar-refractivity contribution in [2.45, 2.75) is 32.9 Å². The standard InChI is InChI=1S/C17H23NO3/c1-12-6-13(2)8-15(7-12)4-5-17(20)18-9-16(10-19)21-11-14(18)3/h4-8,14,16,19H,9-11H2,1-3H3/b5-4+. The Morgan fingerprint density at radius 1 is 1.38 bits per heavy atom. The number of aliphatic hydroxyl groups is 1. The van der Waals surface area contributed by atoms with Crippen LogP contribution in [0.4, 0.5) is 0 Å². The molecule has 1 fully saturated rings. The van der Waals surface area contributed by atoms with Gasteiger partial charge in [0.05, 0.1) is 25.4 Å². The molecule has 0 saturated carbocycles. The SMILES string of the molecule is Cc1cc(C)cc(/C=C/C(=O)N2CC(CO)OCC2C)c1. The van der Waals surface area contributed by atoms with Gasteiger partial charge in [-0.15, -0.1) is 0 Å². The summed E-state index contributed by atoms with van der Waals surface area (Å²) in [7, 11) is 0. The van der Waals surface area contributed by atoms with Gasteiger partial charge in [0.2, 0.25) is 5.91 Å². The van der Waals surface area contributed by atoms with Crippen LogP contribution in [0, 0.1) is 13.8 Å². The van der Waals surface area contributed by atoms with Crippen molar-refractivity contribution in [1.82, 2.24) is 4.90 Å². The summed E-state index contributed by atoms with van der Waals surface area (Å²) < 4.78 is 5.45. The molecule has 1 aromatic rings. The van der Waals surface area contributed by atoms with Crippen molar-refractivity contribution in [3.8, 4) is 0 Å². The third-order valence-corrected chi connectivity index (χ3v) is 3.65. The molecule has 1 aliphatic heterocycles. The van der Waals surface area contributed by atoms with Gasteiger partial charge in [-0.1, -0.05) is 29.3 Å². The highest BCUT2D eigenvalue weighted by Gasteiger charge is 2.27. The van der Waals surface area contributed by atoms with Crippen LogP contribution in [0.1, 0.15) is 23.6 Å². The second-order valence-electron chi connectivity index (χ2n) is 5.73. The van der Waals surface area contributed by atoms with Crippen LogP contribution in [-0.4, -0.2) is 47.8 Å². The first kappa shape index (κ1) is 15.7. The lowest BCUT2D eigenvalue weighted by Crippen LogP contribution is -2.51. The smallest absolute Gasteiger partial charge is 0.246 e. The lowest BCUT2D eigenvalue weighted by molar-refractivity contribution is -0.140. The summed E-state index contributed by atoms with van der Waals surface area (Å²) in [6.45, 7) is 6.89. The van der Waals surface area contributed by atoms with Gasteiger partial charge in [-0.2, -0.15) is 0 Å². The fourth-order valence-corrected chi connectivity index (χ4v) is 2.60. The number of ether oxygens (including phenoxy) is 1. The van der Waals surface area contributed by atoms with Crippen molar-refractivity contribution in [3.63, 3.8) is 0 Å². The number of aryl methyl sites for hydroxylation is 2. The molecule has 0 bridgehead atoms. The van der Waals surface area contributed by atoms with E-state index in [0.29, 0.717) is 13.2 Å². The minimum Gasteiger partial charge on any atom is -0.394 e. The summed E-state index contributed by atoms with van der Waals surface area (Å²) in [5.74, 6) is -0.0385. The molecule has 21 heavy (non-hydrogen) atoms. The van der Waals surface area contributed by atoms with Crippen LogP contribution in [0.3, 0.4) is 0 Å². The van der Waals surface area contributed by atoms with Gasteiger partial charge in [-0.3, -0.25) is 4.79 Å². The van der Waals surface area contributed by atoms with E-state index >= 15 is 0 Å². The van der Waals surface area contributed by atoms with E-state index in [9.17, 15) is 4.79 Å². The van der Waals surface area contributed by atoms with Crippen molar-refractivity contribution >= 4 is 12.0 Å². The molecule has 1 amide bonds. The van der Waals surface area contributed by atoms with Crippen molar-refractivity contribution < 1.29 is 14.6 Å². The summed E-state index contributed by atoms with van der Waals surface area (Å²) in [6, 6.07) is 6.24. The number of hydrogen-bond acceptors (Lipinski definition) is 3. The van der Waals surface area contributed by atoms with E-state index in [-0.39, 0.29) is 24.7 Å². The molecule has 4 heteroatoms. The van der Waals surface area contributed by atoms with Gasteiger partial charge < -0.3 is 14.7 Å². The number of morpholine rings is 1. The Labute approximate surface area is 126 Å². The van der Waals surface area contributed by atoms with E-state index in [0.717, 1.165) is 5.56 Å². The van der Waals surface area contributed by atoms with Gasteiger partial charge in [0.1, 0.15) is 0 Å². The fourth-order valence-electron chi connectivity index (χ4n) is 2.60. The molecule has 1 heterocycles. The van der Waals surface area contributed by atoms with Gasteiger partial charge in [-0.25, -0.2) is 0 Å². The third kappa shape index (κ3) is 4.16. The van der Waals surface area contributed by atoms with Gasteiger partial charge in [0.15, 0.2) is 0 Å². The molecule has 2 rings (SSSR count). The summed E-state index contributed by atoms with van der Waals surface area (Å²) in [5.41, 5.74) is 3.39. The number of rotatable bonds is 3. The molecule has 2 atom stereocenters.